The van der Waals surface area contributed by atoms with E-state index in [4.69, 9.17) is 9.47 Å². The number of nitrogens with zero attached hydrogens (tertiary/aromatic N) is 2. The smallest absolute Gasteiger partial charge is 0.257 e. The van der Waals surface area contributed by atoms with E-state index < -0.39 is 0 Å². The Labute approximate surface area is 131 Å². The van der Waals surface area contributed by atoms with E-state index in [0.29, 0.717) is 34.0 Å². The monoisotopic (exact) mass is 353 g/mol. The zero-order valence-electron chi connectivity index (χ0n) is 12.0. The van der Waals surface area contributed by atoms with E-state index in [2.05, 4.69) is 26.3 Å². The molecule has 2 rings (SSSR count). The first-order valence-electron chi connectivity index (χ1n) is 6.36. The summed E-state index contributed by atoms with van der Waals surface area (Å²) in [5, 5.41) is 6.83. The number of ether oxygens (including phenoxy) is 2. The summed E-state index contributed by atoms with van der Waals surface area (Å²) in [4.78, 5) is 12.2. The van der Waals surface area contributed by atoms with Gasteiger partial charge in [-0.3, -0.25) is 9.48 Å². The van der Waals surface area contributed by atoms with Crippen molar-refractivity contribution in [2.24, 2.45) is 7.05 Å². The Kier molecular flexibility index (Phi) is 4.85. The Morgan fingerprint density at radius 2 is 2.24 bits per heavy atom. The Balaban J connectivity index is 2.27. The molecule has 0 aliphatic rings. The first-order chi connectivity index (χ1) is 10.0. The first kappa shape index (κ1) is 15.4. The third-order valence-electron chi connectivity index (χ3n) is 2.74. The minimum absolute atomic E-state index is 0.268. The zero-order valence-corrected chi connectivity index (χ0v) is 13.6. The number of aryl methyl sites for hydroxylation is 1. The molecule has 0 saturated carbocycles. The predicted molar refractivity (Wildman–Crippen MR) is 83.0 cm³/mol. The van der Waals surface area contributed by atoms with Gasteiger partial charge in [0.2, 0.25) is 0 Å². The van der Waals surface area contributed by atoms with Crippen LogP contribution in [0.15, 0.2) is 28.9 Å². The maximum Gasteiger partial charge on any atom is 0.257 e. The van der Waals surface area contributed by atoms with Crippen molar-refractivity contribution < 1.29 is 14.3 Å². The number of aromatic nitrogens is 2. The van der Waals surface area contributed by atoms with Crippen LogP contribution in [0.2, 0.25) is 0 Å². The molecule has 0 aliphatic carbocycles. The van der Waals surface area contributed by atoms with Gasteiger partial charge in [-0.2, -0.15) is 5.10 Å². The van der Waals surface area contributed by atoms with E-state index in [9.17, 15) is 4.79 Å². The van der Waals surface area contributed by atoms with Gasteiger partial charge in [0.25, 0.3) is 5.91 Å². The van der Waals surface area contributed by atoms with Gasteiger partial charge in [-0.1, -0.05) is 0 Å². The molecular weight excluding hydrogens is 338 g/mol. The summed E-state index contributed by atoms with van der Waals surface area (Å²) < 4.78 is 13.0. The second-order valence-corrected chi connectivity index (χ2v) is 5.11. The minimum atomic E-state index is -0.268. The van der Waals surface area contributed by atoms with Crippen molar-refractivity contribution >= 4 is 27.7 Å². The number of hydrogen-bond donors (Lipinski definition) is 1. The molecule has 1 aromatic carbocycles. The first-order valence-corrected chi connectivity index (χ1v) is 7.15. The summed E-state index contributed by atoms with van der Waals surface area (Å²) in [6.45, 7) is 2.39. The van der Waals surface area contributed by atoms with E-state index in [-0.39, 0.29) is 5.91 Å². The third kappa shape index (κ3) is 3.55. The Morgan fingerprint density at radius 1 is 1.48 bits per heavy atom. The van der Waals surface area contributed by atoms with Gasteiger partial charge in [-0.05, 0) is 35.0 Å². The number of methoxy groups -OCH3 is 1. The molecule has 0 saturated heterocycles. The minimum Gasteiger partial charge on any atom is -0.493 e. The van der Waals surface area contributed by atoms with Crippen molar-refractivity contribution in [3.8, 4) is 11.5 Å². The highest BCUT2D eigenvalue weighted by Gasteiger charge is 2.16. The maximum absolute atomic E-state index is 12.2. The molecule has 1 amide bonds. The van der Waals surface area contributed by atoms with Gasteiger partial charge in [0.05, 0.1) is 18.2 Å². The van der Waals surface area contributed by atoms with Crippen LogP contribution in [-0.4, -0.2) is 29.4 Å². The SMILES string of the molecule is CCOc1c(Br)cc(C(=O)Nc2ccn(C)n2)cc1OC. The number of halogens is 1. The van der Waals surface area contributed by atoms with Gasteiger partial charge in [0.1, 0.15) is 0 Å². The molecule has 6 nitrogen and oxygen atoms in total. The summed E-state index contributed by atoms with van der Waals surface area (Å²) in [5.41, 5.74) is 0.452. The van der Waals surface area contributed by atoms with Gasteiger partial charge in [-0.25, -0.2) is 0 Å². The van der Waals surface area contributed by atoms with E-state index in [0.717, 1.165) is 0 Å². The lowest BCUT2D eigenvalue weighted by Gasteiger charge is -2.13. The van der Waals surface area contributed by atoms with Crippen LogP contribution in [0, 0.1) is 0 Å². The molecule has 7 heteroatoms. The Morgan fingerprint density at radius 3 is 2.81 bits per heavy atom. The molecule has 2 aromatic rings. The number of amides is 1. The molecule has 1 aromatic heterocycles. The van der Waals surface area contributed by atoms with E-state index in [1.54, 1.807) is 36.1 Å². The number of nitrogens with one attached hydrogen (secondary N) is 1. The number of anilines is 1. The van der Waals surface area contributed by atoms with E-state index in [1.807, 2.05) is 6.92 Å². The highest BCUT2D eigenvalue weighted by atomic mass is 79.9. The van der Waals surface area contributed by atoms with Crippen molar-refractivity contribution in [2.45, 2.75) is 6.92 Å². The molecule has 0 atom stereocenters. The quantitative estimate of drug-likeness (QED) is 0.897. The van der Waals surface area contributed by atoms with Crippen molar-refractivity contribution in [1.82, 2.24) is 9.78 Å². The topological polar surface area (TPSA) is 65.4 Å². The van der Waals surface area contributed by atoms with Gasteiger partial charge in [-0.15, -0.1) is 0 Å². The lowest BCUT2D eigenvalue weighted by atomic mass is 10.2. The fourth-order valence-electron chi connectivity index (χ4n) is 1.81. The molecule has 0 radical (unpaired) electrons. The van der Waals surface area contributed by atoms with Crippen LogP contribution in [-0.2, 0) is 7.05 Å². The van der Waals surface area contributed by atoms with Crippen LogP contribution in [0.25, 0.3) is 0 Å². The molecule has 0 unspecified atom stereocenters. The molecule has 112 valence electrons. The Bertz CT molecular complexity index is 655. The fourth-order valence-corrected chi connectivity index (χ4v) is 2.36. The van der Waals surface area contributed by atoms with Crippen LogP contribution in [0.5, 0.6) is 11.5 Å². The third-order valence-corrected chi connectivity index (χ3v) is 3.32. The highest BCUT2D eigenvalue weighted by Crippen LogP contribution is 2.36. The summed E-state index contributed by atoms with van der Waals surface area (Å²) >= 11 is 3.39. The summed E-state index contributed by atoms with van der Waals surface area (Å²) in [5.74, 6) is 1.30. The standard InChI is InChI=1S/C14H16BrN3O3/c1-4-21-13-10(15)7-9(8-11(13)20-3)14(19)16-12-5-6-18(2)17-12/h5-8H,4H2,1-3H3,(H,16,17,19). The average molecular weight is 354 g/mol. The molecule has 0 spiro atoms. The maximum atomic E-state index is 12.2. The molecule has 0 fully saturated rings. The van der Waals surface area contributed by atoms with Crippen molar-refractivity contribution in [3.05, 3.63) is 34.4 Å². The van der Waals surface area contributed by atoms with E-state index in [1.165, 1.54) is 7.11 Å². The summed E-state index contributed by atoms with van der Waals surface area (Å²) in [6, 6.07) is 5.04. The number of carbonyl (C=O) groups excluding carboxylic acids is 1. The number of carbonyl (C=O) groups is 1. The van der Waals surface area contributed by atoms with Gasteiger partial charge in [0.15, 0.2) is 17.3 Å². The summed E-state index contributed by atoms with van der Waals surface area (Å²) in [7, 11) is 3.32. The van der Waals surface area contributed by atoms with Gasteiger partial charge < -0.3 is 14.8 Å². The molecule has 1 heterocycles. The van der Waals surface area contributed by atoms with Crippen molar-refractivity contribution in [2.75, 3.05) is 19.0 Å². The predicted octanol–water partition coefficient (Wildman–Crippen LogP) is 2.84. The highest BCUT2D eigenvalue weighted by molar-refractivity contribution is 9.10. The molecule has 21 heavy (non-hydrogen) atoms. The van der Waals surface area contributed by atoms with Gasteiger partial charge >= 0.3 is 0 Å². The van der Waals surface area contributed by atoms with Crippen LogP contribution < -0.4 is 14.8 Å². The van der Waals surface area contributed by atoms with Gasteiger partial charge in [0, 0.05) is 24.9 Å². The number of rotatable bonds is 5. The largest absolute Gasteiger partial charge is 0.493 e. The van der Waals surface area contributed by atoms with Crippen molar-refractivity contribution in [3.63, 3.8) is 0 Å². The molecule has 1 N–H and O–H groups in total. The lowest BCUT2D eigenvalue weighted by Crippen LogP contribution is -2.13. The zero-order chi connectivity index (χ0) is 15.4. The average Bonchev–Trinajstić information content (AvgIpc) is 2.86. The van der Waals surface area contributed by atoms with Crippen LogP contribution in [0.1, 0.15) is 17.3 Å². The van der Waals surface area contributed by atoms with Crippen LogP contribution in [0.4, 0.5) is 5.82 Å². The summed E-state index contributed by atoms with van der Waals surface area (Å²) in [6.07, 6.45) is 1.75. The number of hydrogen-bond acceptors (Lipinski definition) is 4. The second kappa shape index (κ2) is 6.62. The molecule has 0 aliphatic heterocycles. The van der Waals surface area contributed by atoms with Crippen LogP contribution >= 0.6 is 15.9 Å². The van der Waals surface area contributed by atoms with E-state index >= 15 is 0 Å². The van der Waals surface area contributed by atoms with Crippen molar-refractivity contribution in [1.29, 1.82) is 0 Å². The number of benzene rings is 1. The lowest BCUT2D eigenvalue weighted by molar-refractivity contribution is 0.102. The molecule has 0 bridgehead atoms. The second-order valence-electron chi connectivity index (χ2n) is 4.25. The Hall–Kier alpha value is -2.02. The normalized spacial score (nSPS) is 10.3. The fraction of sp³-hybridized carbons (Fsp3) is 0.286. The molecular formula is C14H16BrN3O3. The van der Waals surface area contributed by atoms with Crippen LogP contribution in [0.3, 0.4) is 0 Å².